The van der Waals surface area contributed by atoms with Gasteiger partial charge in [0.05, 0.1) is 0 Å². The molecule has 1 aliphatic carbocycles. The van der Waals surface area contributed by atoms with E-state index in [0.29, 0.717) is 0 Å². The monoisotopic (exact) mass is 236 g/mol. The molecule has 1 heteroatoms. The van der Waals surface area contributed by atoms with Crippen LogP contribution in [0, 0.1) is 0 Å². The van der Waals surface area contributed by atoms with E-state index in [4.69, 9.17) is 0 Å². The molecule has 1 aliphatic rings. The van der Waals surface area contributed by atoms with Gasteiger partial charge in [-0.15, -0.1) is 0 Å². The number of hydrogen-bond donors (Lipinski definition) is 0. The largest absolute Gasteiger partial charge is 0.0875 e. The lowest BCUT2D eigenvalue weighted by Crippen LogP contribution is -1.94. The van der Waals surface area contributed by atoms with Crippen molar-refractivity contribution in [1.29, 1.82) is 0 Å². The quantitative estimate of drug-likeness (QED) is 0.344. The van der Waals surface area contributed by atoms with E-state index in [1.807, 2.05) is 0 Å². The van der Waals surface area contributed by atoms with Gasteiger partial charge in [0.1, 0.15) is 0 Å². The summed E-state index contributed by atoms with van der Waals surface area (Å²) < 4.78 is 0.808. The molecule has 0 nitrogen and oxygen atoms in total. The van der Waals surface area contributed by atoms with Crippen LogP contribution < -0.4 is 0 Å². The summed E-state index contributed by atoms with van der Waals surface area (Å²) in [5, 5.41) is 0. The van der Waals surface area contributed by atoms with Crippen molar-refractivity contribution < 1.29 is 0 Å². The standard InChI is InChI=1S/C8H13I/c9-8-6-4-2-1-3-5-7-8/h4,6,8H,1-3,5,7H2/b6-4-/t8-/m1/s1. The molecule has 0 fully saturated rings. The van der Waals surface area contributed by atoms with Crippen LogP contribution in [0.4, 0.5) is 0 Å². The Balaban J connectivity index is 2.30. The normalized spacial score (nSPS) is 32.8. The molecule has 0 unspecified atom stereocenters. The van der Waals surface area contributed by atoms with Crippen molar-refractivity contribution >= 4 is 22.6 Å². The summed E-state index contributed by atoms with van der Waals surface area (Å²) in [4.78, 5) is 0. The number of alkyl halides is 1. The van der Waals surface area contributed by atoms with Gasteiger partial charge in [0.25, 0.3) is 0 Å². The minimum Gasteiger partial charge on any atom is -0.0875 e. The van der Waals surface area contributed by atoms with Crippen LogP contribution in [0.15, 0.2) is 12.2 Å². The minimum absolute atomic E-state index is 0.808. The predicted octanol–water partition coefficient (Wildman–Crippen LogP) is 3.31. The van der Waals surface area contributed by atoms with Crippen molar-refractivity contribution in [2.75, 3.05) is 0 Å². The third kappa shape index (κ3) is 3.23. The van der Waals surface area contributed by atoms with Gasteiger partial charge in [0, 0.05) is 3.92 Å². The lowest BCUT2D eigenvalue weighted by molar-refractivity contribution is 0.649. The van der Waals surface area contributed by atoms with Crippen molar-refractivity contribution in [2.45, 2.75) is 36.0 Å². The molecule has 0 aliphatic heterocycles. The number of hydrogen-bond acceptors (Lipinski definition) is 0. The molecule has 9 heavy (non-hydrogen) atoms. The summed E-state index contributed by atoms with van der Waals surface area (Å²) in [7, 11) is 0. The molecule has 0 spiro atoms. The molecule has 0 saturated carbocycles. The van der Waals surface area contributed by atoms with E-state index in [2.05, 4.69) is 34.7 Å². The third-order valence-corrected chi connectivity index (χ3v) is 2.73. The first kappa shape index (κ1) is 7.58. The van der Waals surface area contributed by atoms with Crippen LogP contribution in [-0.4, -0.2) is 3.92 Å². The summed E-state index contributed by atoms with van der Waals surface area (Å²) in [5.41, 5.74) is 0. The first-order valence-corrected chi connectivity index (χ1v) is 4.95. The van der Waals surface area contributed by atoms with Crippen LogP contribution in [0.1, 0.15) is 32.1 Å². The van der Waals surface area contributed by atoms with E-state index in [9.17, 15) is 0 Å². The van der Waals surface area contributed by atoms with E-state index in [1.165, 1.54) is 32.1 Å². The summed E-state index contributed by atoms with van der Waals surface area (Å²) in [6, 6.07) is 0. The number of allylic oxidation sites excluding steroid dienone is 2. The second-order valence-corrected chi connectivity index (χ2v) is 4.18. The third-order valence-electron chi connectivity index (χ3n) is 1.70. The Morgan fingerprint density at radius 2 is 2.11 bits per heavy atom. The molecular weight excluding hydrogens is 223 g/mol. The highest BCUT2D eigenvalue weighted by atomic mass is 127. The highest BCUT2D eigenvalue weighted by Gasteiger charge is 2.00. The van der Waals surface area contributed by atoms with Crippen molar-refractivity contribution in [1.82, 2.24) is 0 Å². The van der Waals surface area contributed by atoms with Gasteiger partial charge in [0.15, 0.2) is 0 Å². The Bertz CT molecular complexity index is 96.7. The fourth-order valence-corrected chi connectivity index (χ4v) is 1.85. The lowest BCUT2D eigenvalue weighted by atomic mass is 10.1. The van der Waals surface area contributed by atoms with Crippen molar-refractivity contribution in [3.8, 4) is 0 Å². The van der Waals surface area contributed by atoms with E-state index in [0.717, 1.165) is 3.92 Å². The molecule has 0 N–H and O–H groups in total. The van der Waals surface area contributed by atoms with E-state index in [1.54, 1.807) is 0 Å². The van der Waals surface area contributed by atoms with Gasteiger partial charge in [-0.05, 0) is 19.3 Å². The first-order chi connectivity index (χ1) is 4.39. The van der Waals surface area contributed by atoms with Gasteiger partial charge >= 0.3 is 0 Å². The van der Waals surface area contributed by atoms with Crippen LogP contribution >= 0.6 is 22.6 Å². The summed E-state index contributed by atoms with van der Waals surface area (Å²) in [6.45, 7) is 0. The highest BCUT2D eigenvalue weighted by Crippen LogP contribution is 2.17. The van der Waals surface area contributed by atoms with Gasteiger partial charge < -0.3 is 0 Å². The molecule has 0 saturated heterocycles. The van der Waals surface area contributed by atoms with Gasteiger partial charge in [-0.25, -0.2) is 0 Å². The van der Waals surface area contributed by atoms with Crippen LogP contribution in [-0.2, 0) is 0 Å². The Hall–Kier alpha value is 0.470. The molecule has 0 amide bonds. The zero-order valence-corrected chi connectivity index (χ0v) is 7.80. The van der Waals surface area contributed by atoms with Gasteiger partial charge in [-0.1, -0.05) is 47.6 Å². The van der Waals surface area contributed by atoms with Gasteiger partial charge in [0.2, 0.25) is 0 Å². The molecule has 0 heterocycles. The summed E-state index contributed by atoms with van der Waals surface area (Å²) in [6.07, 6.45) is 11.6. The second-order valence-electron chi connectivity index (χ2n) is 2.58. The van der Waals surface area contributed by atoms with Crippen LogP contribution in [0.3, 0.4) is 0 Å². The summed E-state index contributed by atoms with van der Waals surface area (Å²) in [5.74, 6) is 0. The molecule has 0 bridgehead atoms. The van der Waals surface area contributed by atoms with E-state index >= 15 is 0 Å². The minimum atomic E-state index is 0.808. The second kappa shape index (κ2) is 4.31. The topological polar surface area (TPSA) is 0 Å². The Morgan fingerprint density at radius 3 is 3.00 bits per heavy atom. The van der Waals surface area contributed by atoms with Crippen molar-refractivity contribution in [2.24, 2.45) is 0 Å². The molecule has 52 valence electrons. The van der Waals surface area contributed by atoms with Crippen LogP contribution in [0.25, 0.3) is 0 Å². The molecule has 1 rings (SSSR count). The summed E-state index contributed by atoms with van der Waals surface area (Å²) >= 11 is 2.51. The Morgan fingerprint density at radius 1 is 1.22 bits per heavy atom. The molecule has 0 aromatic rings. The van der Waals surface area contributed by atoms with E-state index in [-0.39, 0.29) is 0 Å². The SMILES string of the molecule is I[C@@H]1/C=C\CCCCC1. The zero-order valence-electron chi connectivity index (χ0n) is 5.65. The van der Waals surface area contributed by atoms with Crippen molar-refractivity contribution in [3.63, 3.8) is 0 Å². The fourth-order valence-electron chi connectivity index (χ4n) is 1.12. The van der Waals surface area contributed by atoms with Crippen LogP contribution in [0.2, 0.25) is 0 Å². The maximum absolute atomic E-state index is 2.51. The molecule has 0 aromatic carbocycles. The lowest BCUT2D eigenvalue weighted by Gasteiger charge is -2.06. The van der Waals surface area contributed by atoms with E-state index < -0.39 is 0 Å². The van der Waals surface area contributed by atoms with Crippen molar-refractivity contribution in [3.05, 3.63) is 12.2 Å². The average molecular weight is 236 g/mol. The fraction of sp³-hybridized carbons (Fsp3) is 0.750. The zero-order chi connectivity index (χ0) is 6.53. The molecular formula is C8H13I. The molecule has 1 atom stereocenters. The average Bonchev–Trinajstić information content (AvgIpc) is 1.79. The Kier molecular flexibility index (Phi) is 3.63. The number of halogens is 1. The first-order valence-electron chi connectivity index (χ1n) is 3.70. The number of rotatable bonds is 0. The van der Waals surface area contributed by atoms with Gasteiger partial charge in [-0.2, -0.15) is 0 Å². The molecule has 0 radical (unpaired) electrons. The smallest absolute Gasteiger partial charge is 0.0289 e. The highest BCUT2D eigenvalue weighted by molar-refractivity contribution is 14.1. The maximum atomic E-state index is 2.51. The predicted molar refractivity (Wildman–Crippen MR) is 50.0 cm³/mol. The maximum Gasteiger partial charge on any atom is 0.0289 e. The Labute approximate surface area is 70.9 Å². The van der Waals surface area contributed by atoms with Crippen LogP contribution in [0.5, 0.6) is 0 Å². The molecule has 0 aromatic heterocycles. The van der Waals surface area contributed by atoms with Gasteiger partial charge in [-0.3, -0.25) is 0 Å².